The Hall–Kier alpha value is -3.15. The lowest BCUT2D eigenvalue weighted by molar-refractivity contribution is -0.135. The van der Waals surface area contributed by atoms with E-state index in [0.29, 0.717) is 17.1 Å². The molecule has 0 saturated heterocycles. The van der Waals surface area contributed by atoms with Crippen molar-refractivity contribution in [1.29, 1.82) is 0 Å². The van der Waals surface area contributed by atoms with E-state index in [0.717, 1.165) is 12.0 Å². The van der Waals surface area contributed by atoms with Crippen LogP contribution in [0.3, 0.4) is 0 Å². The van der Waals surface area contributed by atoms with Crippen LogP contribution in [0.2, 0.25) is 0 Å². The van der Waals surface area contributed by atoms with E-state index in [1.54, 1.807) is 38.1 Å². The first kappa shape index (κ1) is 20.2. The minimum Gasteiger partial charge on any atom is -0.326 e. The Morgan fingerprint density at radius 2 is 1.44 bits per heavy atom. The van der Waals surface area contributed by atoms with Crippen LogP contribution in [0.5, 0.6) is 0 Å². The largest absolute Gasteiger partial charge is 0.326 e. The maximum absolute atomic E-state index is 12.7. The van der Waals surface area contributed by atoms with Crippen LogP contribution in [-0.4, -0.2) is 17.7 Å². The SMILES string of the molecule is CCc1ccccc1NC(=O)C(C)(C)C(=O)Nc1cccc(NC(C)=O)c1. The Kier molecular flexibility index (Phi) is 6.34. The van der Waals surface area contributed by atoms with Gasteiger partial charge >= 0.3 is 0 Å². The average molecular weight is 367 g/mol. The van der Waals surface area contributed by atoms with E-state index in [2.05, 4.69) is 16.0 Å². The molecule has 142 valence electrons. The maximum atomic E-state index is 12.7. The monoisotopic (exact) mass is 367 g/mol. The predicted octanol–water partition coefficient (Wildman–Crippen LogP) is 3.81. The third-order valence-electron chi connectivity index (χ3n) is 4.22. The van der Waals surface area contributed by atoms with Gasteiger partial charge in [0.1, 0.15) is 5.41 Å². The number of hydrogen-bond donors (Lipinski definition) is 3. The molecule has 0 aliphatic heterocycles. The van der Waals surface area contributed by atoms with Gasteiger partial charge in [-0.15, -0.1) is 0 Å². The van der Waals surface area contributed by atoms with Gasteiger partial charge in [0, 0.05) is 24.0 Å². The molecule has 2 aromatic carbocycles. The summed E-state index contributed by atoms with van der Waals surface area (Å²) < 4.78 is 0. The molecular formula is C21H25N3O3. The second-order valence-corrected chi connectivity index (χ2v) is 6.81. The molecule has 0 radical (unpaired) electrons. The van der Waals surface area contributed by atoms with E-state index in [4.69, 9.17) is 0 Å². The van der Waals surface area contributed by atoms with Crippen molar-refractivity contribution in [3.05, 3.63) is 54.1 Å². The summed E-state index contributed by atoms with van der Waals surface area (Å²) in [6.07, 6.45) is 0.777. The Bertz CT molecular complexity index is 859. The van der Waals surface area contributed by atoms with Crippen LogP contribution < -0.4 is 16.0 Å². The fraction of sp³-hybridized carbons (Fsp3) is 0.286. The number of para-hydroxylation sites is 1. The van der Waals surface area contributed by atoms with E-state index < -0.39 is 11.3 Å². The zero-order valence-corrected chi connectivity index (χ0v) is 16.1. The molecule has 27 heavy (non-hydrogen) atoms. The number of hydrogen-bond acceptors (Lipinski definition) is 3. The molecule has 0 bridgehead atoms. The van der Waals surface area contributed by atoms with Gasteiger partial charge in [0.25, 0.3) is 0 Å². The molecule has 0 heterocycles. The fourth-order valence-electron chi connectivity index (χ4n) is 2.50. The molecule has 0 aromatic heterocycles. The first-order chi connectivity index (χ1) is 12.7. The lowest BCUT2D eigenvalue weighted by atomic mass is 9.90. The van der Waals surface area contributed by atoms with Crippen LogP contribution in [0.25, 0.3) is 0 Å². The van der Waals surface area contributed by atoms with Gasteiger partial charge in [-0.25, -0.2) is 0 Å². The van der Waals surface area contributed by atoms with E-state index in [9.17, 15) is 14.4 Å². The molecule has 0 fully saturated rings. The molecule has 3 N–H and O–H groups in total. The van der Waals surface area contributed by atoms with Gasteiger partial charge in [0.2, 0.25) is 17.7 Å². The Balaban J connectivity index is 2.12. The number of benzene rings is 2. The van der Waals surface area contributed by atoms with Gasteiger partial charge in [-0.3, -0.25) is 14.4 Å². The van der Waals surface area contributed by atoms with Crippen LogP contribution in [-0.2, 0) is 20.8 Å². The van der Waals surface area contributed by atoms with Crippen LogP contribution in [0.15, 0.2) is 48.5 Å². The first-order valence-corrected chi connectivity index (χ1v) is 8.82. The molecule has 0 atom stereocenters. The molecule has 3 amide bonds. The quantitative estimate of drug-likeness (QED) is 0.679. The zero-order valence-electron chi connectivity index (χ0n) is 16.1. The Morgan fingerprint density at radius 1 is 0.852 bits per heavy atom. The van der Waals surface area contributed by atoms with Crippen molar-refractivity contribution in [3.63, 3.8) is 0 Å². The third-order valence-corrected chi connectivity index (χ3v) is 4.22. The van der Waals surface area contributed by atoms with Crippen LogP contribution in [0.4, 0.5) is 17.1 Å². The van der Waals surface area contributed by atoms with Crippen molar-refractivity contribution in [2.75, 3.05) is 16.0 Å². The van der Waals surface area contributed by atoms with E-state index in [1.165, 1.54) is 6.92 Å². The number of nitrogens with one attached hydrogen (secondary N) is 3. The Morgan fingerprint density at radius 3 is 2.07 bits per heavy atom. The summed E-state index contributed by atoms with van der Waals surface area (Å²) in [5, 5.41) is 8.24. The van der Waals surface area contributed by atoms with Crippen molar-refractivity contribution in [2.24, 2.45) is 5.41 Å². The van der Waals surface area contributed by atoms with Gasteiger partial charge in [-0.1, -0.05) is 31.2 Å². The van der Waals surface area contributed by atoms with E-state index in [-0.39, 0.29) is 11.8 Å². The van der Waals surface area contributed by atoms with Crippen molar-refractivity contribution in [2.45, 2.75) is 34.1 Å². The topological polar surface area (TPSA) is 87.3 Å². The van der Waals surface area contributed by atoms with Gasteiger partial charge in [-0.05, 0) is 50.1 Å². The lowest BCUT2D eigenvalue weighted by Crippen LogP contribution is -2.41. The molecule has 6 heteroatoms. The molecular weight excluding hydrogens is 342 g/mol. The summed E-state index contributed by atoms with van der Waals surface area (Å²) in [5.41, 5.74) is 1.49. The predicted molar refractivity (Wildman–Crippen MR) is 108 cm³/mol. The highest BCUT2D eigenvalue weighted by molar-refractivity contribution is 6.14. The van der Waals surface area contributed by atoms with Gasteiger partial charge in [-0.2, -0.15) is 0 Å². The zero-order chi connectivity index (χ0) is 20.0. The van der Waals surface area contributed by atoms with Crippen LogP contribution in [0, 0.1) is 5.41 Å². The van der Waals surface area contributed by atoms with Crippen molar-refractivity contribution >= 4 is 34.8 Å². The number of carbonyl (C=O) groups excluding carboxylic acids is 3. The lowest BCUT2D eigenvalue weighted by Gasteiger charge is -2.23. The highest BCUT2D eigenvalue weighted by atomic mass is 16.2. The minimum atomic E-state index is -1.29. The summed E-state index contributed by atoms with van der Waals surface area (Å²) in [5.74, 6) is -1.03. The summed E-state index contributed by atoms with van der Waals surface area (Å²) in [6, 6.07) is 14.3. The third kappa shape index (κ3) is 5.17. The van der Waals surface area contributed by atoms with Crippen molar-refractivity contribution < 1.29 is 14.4 Å². The van der Waals surface area contributed by atoms with Gasteiger partial charge < -0.3 is 16.0 Å². The smallest absolute Gasteiger partial charge is 0.239 e. The highest BCUT2D eigenvalue weighted by Gasteiger charge is 2.36. The second-order valence-electron chi connectivity index (χ2n) is 6.81. The number of aryl methyl sites for hydroxylation is 1. The maximum Gasteiger partial charge on any atom is 0.239 e. The van der Waals surface area contributed by atoms with Crippen LogP contribution in [0.1, 0.15) is 33.3 Å². The second kappa shape index (κ2) is 8.49. The van der Waals surface area contributed by atoms with E-state index >= 15 is 0 Å². The molecule has 2 aromatic rings. The molecule has 2 rings (SSSR count). The minimum absolute atomic E-state index is 0.201. The number of anilines is 3. The first-order valence-electron chi connectivity index (χ1n) is 8.82. The molecule has 0 unspecified atom stereocenters. The summed E-state index contributed by atoms with van der Waals surface area (Å²) in [6.45, 7) is 6.56. The Labute approximate surface area is 159 Å². The van der Waals surface area contributed by atoms with Crippen molar-refractivity contribution in [1.82, 2.24) is 0 Å². The number of carbonyl (C=O) groups is 3. The number of rotatable bonds is 6. The summed E-state index contributed by atoms with van der Waals surface area (Å²) >= 11 is 0. The normalized spacial score (nSPS) is 10.8. The summed E-state index contributed by atoms with van der Waals surface area (Å²) in [4.78, 5) is 36.6. The summed E-state index contributed by atoms with van der Waals surface area (Å²) in [7, 11) is 0. The molecule has 6 nitrogen and oxygen atoms in total. The number of amides is 3. The fourth-order valence-corrected chi connectivity index (χ4v) is 2.50. The molecule has 0 aliphatic rings. The standard InChI is InChI=1S/C21H25N3O3/c1-5-15-9-6-7-12-18(15)24-20(27)21(3,4)19(26)23-17-11-8-10-16(13-17)22-14(2)25/h6-13H,5H2,1-4H3,(H,22,25)(H,23,26)(H,24,27). The van der Waals surface area contributed by atoms with Crippen LogP contribution >= 0.6 is 0 Å². The van der Waals surface area contributed by atoms with E-state index in [1.807, 2.05) is 31.2 Å². The molecule has 0 spiro atoms. The average Bonchev–Trinajstić information content (AvgIpc) is 2.61. The van der Waals surface area contributed by atoms with Crippen molar-refractivity contribution in [3.8, 4) is 0 Å². The molecule has 0 aliphatic carbocycles. The highest BCUT2D eigenvalue weighted by Crippen LogP contribution is 2.24. The van der Waals surface area contributed by atoms with Gasteiger partial charge in [0.15, 0.2) is 0 Å². The molecule has 0 saturated carbocycles. The van der Waals surface area contributed by atoms with Gasteiger partial charge in [0.05, 0.1) is 0 Å².